The number of hydrogen-bond donors (Lipinski definition) is 0. The summed E-state index contributed by atoms with van der Waals surface area (Å²) in [5.41, 5.74) is -2.72. The molecule has 2 bridgehead atoms. The van der Waals surface area contributed by atoms with Crippen molar-refractivity contribution in [2.24, 2.45) is 16.2 Å². The van der Waals surface area contributed by atoms with E-state index in [9.17, 15) is 14.4 Å². The Morgan fingerprint density at radius 3 is 2.22 bits per heavy atom. The zero-order valence-electron chi connectivity index (χ0n) is 14.5. The van der Waals surface area contributed by atoms with E-state index in [0.29, 0.717) is 25.9 Å². The van der Waals surface area contributed by atoms with Gasteiger partial charge in [-0.25, -0.2) is 0 Å². The minimum atomic E-state index is -1.22. The first-order valence-electron chi connectivity index (χ1n) is 8.49. The minimum Gasteiger partial charge on any atom is -0.392 e. The molecule has 0 spiro atoms. The van der Waals surface area contributed by atoms with Crippen LogP contribution in [-0.4, -0.2) is 60.4 Å². The van der Waals surface area contributed by atoms with Crippen molar-refractivity contribution in [3.8, 4) is 0 Å². The largest absolute Gasteiger partial charge is 0.392 e. The highest BCUT2D eigenvalue weighted by atomic mass is 16.6. The van der Waals surface area contributed by atoms with Gasteiger partial charge >= 0.3 is 11.9 Å². The molecule has 0 radical (unpaired) electrons. The summed E-state index contributed by atoms with van der Waals surface area (Å²) in [7, 11) is 0. The molecule has 3 fully saturated rings. The highest BCUT2D eigenvalue weighted by Crippen LogP contribution is 2.66. The van der Waals surface area contributed by atoms with Gasteiger partial charge in [-0.2, -0.15) is 0 Å². The van der Waals surface area contributed by atoms with Gasteiger partial charge in [0.15, 0.2) is 5.41 Å². The van der Waals surface area contributed by atoms with E-state index >= 15 is 0 Å². The van der Waals surface area contributed by atoms with Crippen molar-refractivity contribution in [1.29, 1.82) is 0 Å². The van der Waals surface area contributed by atoms with Gasteiger partial charge in [0.25, 0.3) is 0 Å². The third kappa shape index (κ3) is 1.87. The van der Waals surface area contributed by atoms with Crippen molar-refractivity contribution in [3.05, 3.63) is 0 Å². The van der Waals surface area contributed by atoms with E-state index < -0.39 is 28.2 Å². The van der Waals surface area contributed by atoms with Crippen LogP contribution in [0.25, 0.3) is 0 Å². The molecule has 0 N–H and O–H groups in total. The molecule has 3 rings (SSSR count). The lowest BCUT2D eigenvalue weighted by Gasteiger charge is -2.50. The average Bonchev–Trinajstić information content (AvgIpc) is 2.68. The molecule has 0 aromatic carbocycles. The summed E-state index contributed by atoms with van der Waals surface area (Å²) in [6, 6.07) is 0. The maximum absolute atomic E-state index is 13.3. The molecule has 1 aliphatic carbocycles. The molecule has 2 heterocycles. The van der Waals surface area contributed by atoms with Gasteiger partial charge in [-0.1, -0.05) is 20.8 Å². The number of esters is 2. The molecule has 6 nitrogen and oxygen atoms in total. The molecular formula is C17H26N2O4. The van der Waals surface area contributed by atoms with Crippen LogP contribution in [0.4, 0.5) is 0 Å². The smallest absolute Gasteiger partial charge is 0.329 e. The number of fused-ring (bicyclic) bond motifs is 2. The Bertz CT molecular complexity index is 565. The third-order valence-electron chi connectivity index (χ3n) is 6.90. The summed E-state index contributed by atoms with van der Waals surface area (Å²) in [5, 5.41) is 0. The van der Waals surface area contributed by atoms with Gasteiger partial charge in [0.1, 0.15) is 0 Å². The maximum atomic E-state index is 13.3. The highest BCUT2D eigenvalue weighted by Gasteiger charge is 2.75. The molecule has 2 saturated heterocycles. The lowest BCUT2D eigenvalue weighted by atomic mass is 9.56. The fourth-order valence-electron chi connectivity index (χ4n) is 4.53. The molecule has 6 heteroatoms. The van der Waals surface area contributed by atoms with Crippen LogP contribution in [-0.2, 0) is 19.1 Å². The second-order valence-electron chi connectivity index (χ2n) is 7.77. The second-order valence-corrected chi connectivity index (χ2v) is 7.77. The van der Waals surface area contributed by atoms with Crippen LogP contribution < -0.4 is 0 Å². The monoisotopic (exact) mass is 322 g/mol. The van der Waals surface area contributed by atoms with E-state index in [1.165, 1.54) is 0 Å². The quantitative estimate of drug-likeness (QED) is 0.561. The number of carbonyl (C=O) groups excluding carboxylic acids is 3. The number of cyclic esters (lactones) is 2. The Morgan fingerprint density at radius 2 is 1.65 bits per heavy atom. The Labute approximate surface area is 137 Å². The van der Waals surface area contributed by atoms with Gasteiger partial charge in [-0.15, -0.1) is 0 Å². The standard InChI is InChI=1S/C17H26N2O4/c1-5-18-8-10-19(11-9-18)12(20)17-7-6-16(4,15(17,2)3)13(21)23-14(17)22/h5-11H2,1-4H3. The topological polar surface area (TPSA) is 66.9 Å². The lowest BCUT2D eigenvalue weighted by molar-refractivity contribution is -0.199. The molecule has 2 aliphatic heterocycles. The van der Waals surface area contributed by atoms with Crippen LogP contribution in [0.3, 0.4) is 0 Å². The van der Waals surface area contributed by atoms with Crippen molar-refractivity contribution < 1.29 is 19.1 Å². The van der Waals surface area contributed by atoms with E-state index in [0.717, 1.165) is 19.6 Å². The molecule has 3 aliphatic rings. The molecule has 1 amide bonds. The van der Waals surface area contributed by atoms with Crippen LogP contribution in [0.15, 0.2) is 0 Å². The molecule has 0 aromatic rings. The number of rotatable bonds is 2. The van der Waals surface area contributed by atoms with Gasteiger partial charge < -0.3 is 14.5 Å². The molecule has 2 atom stereocenters. The second kappa shape index (κ2) is 5.03. The summed E-state index contributed by atoms with van der Waals surface area (Å²) in [6.07, 6.45) is 0.916. The van der Waals surface area contributed by atoms with Crippen LogP contribution in [0, 0.1) is 16.2 Å². The Morgan fingerprint density at radius 1 is 1.04 bits per heavy atom. The Hall–Kier alpha value is -1.43. The fraction of sp³-hybridized carbons (Fsp3) is 0.824. The van der Waals surface area contributed by atoms with Gasteiger partial charge in [-0.3, -0.25) is 14.4 Å². The van der Waals surface area contributed by atoms with Crippen molar-refractivity contribution in [2.45, 2.75) is 40.5 Å². The van der Waals surface area contributed by atoms with Crippen molar-refractivity contribution in [2.75, 3.05) is 32.7 Å². The molecular weight excluding hydrogens is 296 g/mol. The van der Waals surface area contributed by atoms with Gasteiger partial charge in [-0.05, 0) is 26.3 Å². The normalized spacial score (nSPS) is 37.0. The summed E-state index contributed by atoms with van der Waals surface area (Å²) >= 11 is 0. The first kappa shape index (κ1) is 16.4. The fourth-order valence-corrected chi connectivity index (χ4v) is 4.53. The number of nitrogens with zero attached hydrogens (tertiary/aromatic N) is 2. The van der Waals surface area contributed by atoms with Crippen molar-refractivity contribution in [3.63, 3.8) is 0 Å². The van der Waals surface area contributed by atoms with E-state index in [-0.39, 0.29) is 5.91 Å². The van der Waals surface area contributed by atoms with Crippen molar-refractivity contribution >= 4 is 17.8 Å². The number of ether oxygens (including phenoxy) is 1. The number of piperazine rings is 1. The average molecular weight is 322 g/mol. The summed E-state index contributed by atoms with van der Waals surface area (Å²) < 4.78 is 5.03. The first-order chi connectivity index (χ1) is 10.7. The molecule has 2 unspecified atom stereocenters. The highest BCUT2D eigenvalue weighted by molar-refractivity contribution is 6.11. The van der Waals surface area contributed by atoms with Crippen LogP contribution in [0.1, 0.15) is 40.5 Å². The number of likely N-dealkylation sites (N-methyl/N-ethyl adjacent to an activating group) is 1. The summed E-state index contributed by atoms with van der Waals surface area (Å²) in [6.45, 7) is 11.5. The van der Waals surface area contributed by atoms with Crippen molar-refractivity contribution in [1.82, 2.24) is 9.80 Å². The third-order valence-corrected chi connectivity index (χ3v) is 6.90. The van der Waals surface area contributed by atoms with Crippen LogP contribution >= 0.6 is 0 Å². The maximum Gasteiger partial charge on any atom is 0.329 e. The SMILES string of the molecule is CCN1CCN(C(=O)C23CCC(C)(C(=O)OC2=O)C3(C)C)CC1. The number of hydrogen-bond acceptors (Lipinski definition) is 5. The number of amides is 1. The molecule has 0 aromatic heterocycles. The van der Waals surface area contributed by atoms with Gasteiger partial charge in [0.2, 0.25) is 5.91 Å². The summed E-state index contributed by atoms with van der Waals surface area (Å²) in [4.78, 5) is 42.3. The first-order valence-corrected chi connectivity index (χ1v) is 8.49. The predicted molar refractivity (Wildman–Crippen MR) is 83.3 cm³/mol. The van der Waals surface area contributed by atoms with E-state index in [1.54, 1.807) is 4.90 Å². The van der Waals surface area contributed by atoms with E-state index in [2.05, 4.69) is 11.8 Å². The predicted octanol–water partition coefficient (Wildman–Crippen LogP) is 1.05. The van der Waals surface area contributed by atoms with E-state index in [1.807, 2.05) is 20.8 Å². The van der Waals surface area contributed by atoms with E-state index in [4.69, 9.17) is 4.74 Å². The minimum absolute atomic E-state index is 0.153. The molecule has 23 heavy (non-hydrogen) atoms. The summed E-state index contributed by atoms with van der Waals surface area (Å²) in [5.74, 6) is -1.28. The molecule has 1 saturated carbocycles. The van der Waals surface area contributed by atoms with Gasteiger partial charge in [0, 0.05) is 31.6 Å². The Kier molecular flexibility index (Phi) is 3.59. The van der Waals surface area contributed by atoms with Crippen LogP contribution in [0.5, 0.6) is 0 Å². The van der Waals surface area contributed by atoms with Crippen LogP contribution in [0.2, 0.25) is 0 Å². The Balaban J connectivity index is 1.93. The zero-order chi connectivity index (χ0) is 17.0. The number of carbonyl (C=O) groups is 3. The molecule has 128 valence electrons. The zero-order valence-corrected chi connectivity index (χ0v) is 14.5. The lowest BCUT2D eigenvalue weighted by Crippen LogP contribution is -2.64. The van der Waals surface area contributed by atoms with Gasteiger partial charge in [0.05, 0.1) is 5.41 Å².